The smallest absolute Gasteiger partial charge is 0.119 e. The second-order valence-electron chi connectivity index (χ2n) is 6.41. The molecule has 0 amide bonds. The van der Waals surface area contributed by atoms with Crippen molar-refractivity contribution in [2.75, 3.05) is 20.2 Å². The van der Waals surface area contributed by atoms with E-state index >= 15 is 0 Å². The number of ether oxygens (including phenoxy) is 1. The Morgan fingerprint density at radius 2 is 2.21 bits per heavy atom. The lowest BCUT2D eigenvalue weighted by Gasteiger charge is -2.32. The molecule has 0 saturated heterocycles. The van der Waals surface area contributed by atoms with Crippen LogP contribution in [-0.4, -0.2) is 20.2 Å². The first-order valence-electron chi connectivity index (χ1n) is 8.71. The molecule has 1 aromatic heterocycles. The molecule has 1 aliphatic carbocycles. The van der Waals surface area contributed by atoms with Gasteiger partial charge in [-0.2, -0.15) is 0 Å². The lowest BCUT2D eigenvalue weighted by Crippen LogP contribution is -2.30. The van der Waals surface area contributed by atoms with Crippen molar-refractivity contribution >= 4 is 12.4 Å². The van der Waals surface area contributed by atoms with Gasteiger partial charge in [0.15, 0.2) is 0 Å². The molecule has 0 fully saturated rings. The average Bonchev–Trinajstić information content (AvgIpc) is 3.10. The monoisotopic (exact) mass is 349 g/mol. The van der Waals surface area contributed by atoms with Crippen molar-refractivity contribution in [1.82, 2.24) is 5.32 Å². The molecule has 1 heterocycles. The topological polar surface area (TPSA) is 34.4 Å². The van der Waals surface area contributed by atoms with E-state index in [2.05, 4.69) is 36.5 Å². The Morgan fingerprint density at radius 3 is 2.92 bits per heavy atom. The van der Waals surface area contributed by atoms with Crippen LogP contribution in [0, 0.1) is 5.92 Å². The number of fused-ring (bicyclic) bond motifs is 1. The summed E-state index contributed by atoms with van der Waals surface area (Å²) in [5.74, 6) is 3.22. The molecule has 132 valence electrons. The zero-order valence-electron chi connectivity index (χ0n) is 14.6. The van der Waals surface area contributed by atoms with E-state index in [1.807, 2.05) is 6.07 Å². The number of nitrogens with one attached hydrogen (secondary N) is 1. The fourth-order valence-corrected chi connectivity index (χ4v) is 3.82. The molecule has 2 unspecified atom stereocenters. The Kier molecular flexibility index (Phi) is 7.19. The lowest BCUT2D eigenvalue weighted by atomic mass is 9.74. The predicted octanol–water partition coefficient (Wildman–Crippen LogP) is 4.60. The number of hydrogen-bond donors (Lipinski definition) is 1. The summed E-state index contributed by atoms with van der Waals surface area (Å²) in [4.78, 5) is 0. The van der Waals surface area contributed by atoms with Crippen molar-refractivity contribution in [1.29, 1.82) is 0 Å². The molecule has 0 spiro atoms. The molecule has 0 saturated carbocycles. The molecule has 1 aromatic carbocycles. The number of furan rings is 1. The molecule has 1 N–H and O–H groups in total. The lowest BCUT2D eigenvalue weighted by molar-refractivity contribution is 0.336. The van der Waals surface area contributed by atoms with Crippen LogP contribution in [0.15, 0.2) is 41.0 Å². The van der Waals surface area contributed by atoms with E-state index in [0.29, 0.717) is 11.8 Å². The summed E-state index contributed by atoms with van der Waals surface area (Å²) in [6.07, 6.45) is 6.45. The van der Waals surface area contributed by atoms with Crippen LogP contribution >= 0.6 is 12.4 Å². The van der Waals surface area contributed by atoms with Crippen molar-refractivity contribution in [3.05, 3.63) is 53.5 Å². The first-order chi connectivity index (χ1) is 11.3. The van der Waals surface area contributed by atoms with E-state index in [1.165, 1.54) is 24.0 Å². The minimum Gasteiger partial charge on any atom is -0.497 e. The SMILES string of the molecule is CCNCC(Cc1ccco1)C1CCCc2cc(OC)ccc21.Cl. The highest BCUT2D eigenvalue weighted by Crippen LogP contribution is 2.39. The van der Waals surface area contributed by atoms with Gasteiger partial charge >= 0.3 is 0 Å². The molecule has 2 aromatic rings. The molecule has 0 bridgehead atoms. The molecule has 1 aliphatic rings. The van der Waals surface area contributed by atoms with Crippen molar-refractivity contribution < 1.29 is 9.15 Å². The van der Waals surface area contributed by atoms with Crippen LogP contribution in [0.1, 0.15) is 42.6 Å². The summed E-state index contributed by atoms with van der Waals surface area (Å²) >= 11 is 0. The predicted molar refractivity (Wildman–Crippen MR) is 100 cm³/mol. The summed E-state index contributed by atoms with van der Waals surface area (Å²) in [6.45, 7) is 4.22. The number of halogens is 1. The molecule has 4 heteroatoms. The van der Waals surface area contributed by atoms with Gasteiger partial charge in [0.2, 0.25) is 0 Å². The van der Waals surface area contributed by atoms with Gasteiger partial charge in [-0.25, -0.2) is 0 Å². The third-order valence-electron chi connectivity index (χ3n) is 4.98. The van der Waals surface area contributed by atoms with Gasteiger partial charge in [-0.15, -0.1) is 12.4 Å². The summed E-state index contributed by atoms with van der Waals surface area (Å²) in [5.41, 5.74) is 2.97. The van der Waals surface area contributed by atoms with E-state index in [0.717, 1.165) is 37.4 Å². The maximum Gasteiger partial charge on any atom is 0.119 e. The number of aryl methyl sites for hydroxylation is 1. The Hall–Kier alpha value is -1.45. The van der Waals surface area contributed by atoms with Gasteiger partial charge in [-0.1, -0.05) is 13.0 Å². The third kappa shape index (κ3) is 4.34. The minimum atomic E-state index is 0. The van der Waals surface area contributed by atoms with Crippen molar-refractivity contribution in [3.8, 4) is 5.75 Å². The molecular formula is C20H28ClNO2. The highest BCUT2D eigenvalue weighted by Gasteiger charge is 2.28. The van der Waals surface area contributed by atoms with Crippen molar-refractivity contribution in [2.24, 2.45) is 5.92 Å². The van der Waals surface area contributed by atoms with Crippen molar-refractivity contribution in [3.63, 3.8) is 0 Å². The number of methoxy groups -OCH3 is 1. The fraction of sp³-hybridized carbons (Fsp3) is 0.500. The van der Waals surface area contributed by atoms with Crippen LogP contribution in [0.3, 0.4) is 0 Å². The van der Waals surface area contributed by atoms with Crippen LogP contribution in [0.4, 0.5) is 0 Å². The van der Waals surface area contributed by atoms with Gasteiger partial charge in [-0.3, -0.25) is 0 Å². The maximum absolute atomic E-state index is 5.61. The summed E-state index contributed by atoms with van der Waals surface area (Å²) < 4.78 is 11.0. The minimum absolute atomic E-state index is 0. The number of benzene rings is 1. The van der Waals surface area contributed by atoms with Crippen LogP contribution < -0.4 is 10.1 Å². The van der Waals surface area contributed by atoms with Gasteiger partial charge in [-0.05, 0) is 79.6 Å². The van der Waals surface area contributed by atoms with Crippen molar-refractivity contribution in [2.45, 2.75) is 38.5 Å². The summed E-state index contributed by atoms with van der Waals surface area (Å²) in [5, 5.41) is 3.55. The Labute approximate surface area is 151 Å². The van der Waals surface area contributed by atoms with Crippen LogP contribution in [0.5, 0.6) is 5.75 Å². The van der Waals surface area contributed by atoms with Gasteiger partial charge in [0.25, 0.3) is 0 Å². The largest absolute Gasteiger partial charge is 0.497 e. The third-order valence-corrected chi connectivity index (χ3v) is 4.98. The molecule has 0 radical (unpaired) electrons. The molecule has 0 aliphatic heterocycles. The highest BCUT2D eigenvalue weighted by atomic mass is 35.5. The Morgan fingerprint density at radius 1 is 1.33 bits per heavy atom. The van der Waals surface area contributed by atoms with E-state index in [4.69, 9.17) is 9.15 Å². The van der Waals surface area contributed by atoms with Crippen LogP contribution in [0.2, 0.25) is 0 Å². The van der Waals surface area contributed by atoms with Gasteiger partial charge in [0.1, 0.15) is 11.5 Å². The van der Waals surface area contributed by atoms with E-state index in [-0.39, 0.29) is 12.4 Å². The van der Waals surface area contributed by atoms with Gasteiger partial charge in [0, 0.05) is 6.42 Å². The molecule has 3 rings (SSSR count). The average molecular weight is 350 g/mol. The first kappa shape index (κ1) is 18.9. The van der Waals surface area contributed by atoms with E-state index in [1.54, 1.807) is 13.4 Å². The number of rotatable bonds is 7. The van der Waals surface area contributed by atoms with Gasteiger partial charge in [0.05, 0.1) is 13.4 Å². The molecule has 24 heavy (non-hydrogen) atoms. The highest BCUT2D eigenvalue weighted by molar-refractivity contribution is 5.85. The molecular weight excluding hydrogens is 322 g/mol. The van der Waals surface area contributed by atoms with E-state index in [9.17, 15) is 0 Å². The molecule has 2 atom stereocenters. The first-order valence-corrected chi connectivity index (χ1v) is 8.71. The Bertz CT molecular complexity index is 612. The zero-order valence-corrected chi connectivity index (χ0v) is 15.4. The fourth-order valence-electron chi connectivity index (χ4n) is 3.82. The molecule has 3 nitrogen and oxygen atoms in total. The maximum atomic E-state index is 5.61. The number of hydrogen-bond acceptors (Lipinski definition) is 3. The normalized spacial score (nSPS) is 17.7. The van der Waals surface area contributed by atoms with Crippen LogP contribution in [0.25, 0.3) is 0 Å². The standard InChI is InChI=1S/C20H27NO2.ClH/c1-3-21-14-16(13-18-7-5-11-23-18)19-8-4-6-15-12-17(22-2)9-10-20(15)19;/h5,7,9-12,16,19,21H,3-4,6,8,13-14H2,1-2H3;1H. The van der Waals surface area contributed by atoms with E-state index < -0.39 is 0 Å². The second-order valence-corrected chi connectivity index (χ2v) is 6.41. The second kappa shape index (κ2) is 9.14. The Balaban J connectivity index is 0.00000208. The zero-order chi connectivity index (χ0) is 16.1. The summed E-state index contributed by atoms with van der Waals surface area (Å²) in [6, 6.07) is 10.7. The van der Waals surface area contributed by atoms with Gasteiger partial charge < -0.3 is 14.5 Å². The summed E-state index contributed by atoms with van der Waals surface area (Å²) in [7, 11) is 1.74. The van der Waals surface area contributed by atoms with Crippen LogP contribution in [-0.2, 0) is 12.8 Å². The quantitative estimate of drug-likeness (QED) is 0.793.